The lowest BCUT2D eigenvalue weighted by Gasteiger charge is -2.30. The zero-order valence-corrected chi connectivity index (χ0v) is 22.1. The second kappa shape index (κ2) is 10.3. The molecule has 0 spiro atoms. The van der Waals surface area contributed by atoms with Crippen molar-refractivity contribution in [2.75, 3.05) is 24.1 Å². The fourth-order valence-corrected chi connectivity index (χ4v) is 5.07. The molecule has 2 aromatic heterocycles. The summed E-state index contributed by atoms with van der Waals surface area (Å²) < 4.78 is 2.02. The summed E-state index contributed by atoms with van der Waals surface area (Å²) in [6.07, 6.45) is 2.74. The molecular formula is C30H34N6O2. The Bertz CT molecular complexity index is 1480. The normalized spacial score (nSPS) is 15.0. The van der Waals surface area contributed by atoms with Gasteiger partial charge < -0.3 is 25.6 Å². The van der Waals surface area contributed by atoms with Crippen molar-refractivity contribution in [1.29, 1.82) is 0 Å². The van der Waals surface area contributed by atoms with Gasteiger partial charge in [0.25, 0.3) is 5.91 Å². The number of benzene rings is 2. The molecule has 196 valence electrons. The van der Waals surface area contributed by atoms with Gasteiger partial charge in [0, 0.05) is 37.0 Å². The molecule has 0 radical (unpaired) electrons. The summed E-state index contributed by atoms with van der Waals surface area (Å²) in [6.45, 7) is 9.40. The number of amides is 1. The molecule has 4 N–H and O–H groups in total. The van der Waals surface area contributed by atoms with Crippen LogP contribution in [0.15, 0.2) is 67.0 Å². The monoisotopic (exact) mass is 510 g/mol. The lowest BCUT2D eigenvalue weighted by molar-refractivity contribution is 0.0697. The summed E-state index contributed by atoms with van der Waals surface area (Å²) in [5, 5.41) is 13.9. The van der Waals surface area contributed by atoms with Gasteiger partial charge in [0.1, 0.15) is 24.0 Å². The number of fused-ring (bicyclic) bond motifs is 1. The van der Waals surface area contributed by atoms with Gasteiger partial charge in [0.05, 0.1) is 11.1 Å². The number of piperidine rings is 1. The predicted molar refractivity (Wildman–Crippen MR) is 153 cm³/mol. The van der Waals surface area contributed by atoms with Crippen LogP contribution in [0.25, 0.3) is 33.4 Å². The van der Waals surface area contributed by atoms with Crippen LogP contribution in [0.4, 0.5) is 11.5 Å². The van der Waals surface area contributed by atoms with Gasteiger partial charge in [-0.25, -0.2) is 9.97 Å². The third-order valence-electron chi connectivity index (χ3n) is 7.42. The largest absolute Gasteiger partial charge is 0.383 e. The molecule has 1 aliphatic heterocycles. The number of hydrogen-bond acceptors (Lipinski definition) is 6. The molecule has 2 aromatic carbocycles. The number of nitrogen functional groups attached to an aromatic ring is 1. The molecule has 1 unspecified atom stereocenters. The molecule has 8 nitrogen and oxygen atoms in total. The molecule has 1 atom stereocenters. The minimum absolute atomic E-state index is 0.0736. The van der Waals surface area contributed by atoms with Gasteiger partial charge in [-0.05, 0) is 66.6 Å². The highest BCUT2D eigenvalue weighted by atomic mass is 16.3. The molecule has 1 amide bonds. The van der Waals surface area contributed by atoms with Crippen LogP contribution in [0, 0.1) is 5.92 Å². The molecule has 1 saturated heterocycles. The number of carbonyl (C=O) groups is 1. The average Bonchev–Trinajstić information content (AvgIpc) is 3.22. The van der Waals surface area contributed by atoms with E-state index in [2.05, 4.69) is 28.8 Å². The average molecular weight is 511 g/mol. The summed E-state index contributed by atoms with van der Waals surface area (Å²) in [4.78, 5) is 23.8. The van der Waals surface area contributed by atoms with E-state index in [1.165, 1.54) is 6.33 Å². The van der Waals surface area contributed by atoms with Gasteiger partial charge in [0.15, 0.2) is 0 Å². The summed E-state index contributed by atoms with van der Waals surface area (Å²) in [7, 11) is 1.96. The Hall–Kier alpha value is -4.17. The van der Waals surface area contributed by atoms with E-state index < -0.39 is 6.23 Å². The second-order valence-electron chi connectivity index (χ2n) is 10.3. The quantitative estimate of drug-likeness (QED) is 0.247. The number of nitrogens with zero attached hydrogens (tertiary/aromatic N) is 4. The Labute approximate surface area is 222 Å². The maximum absolute atomic E-state index is 13.1. The maximum atomic E-state index is 13.1. The lowest BCUT2D eigenvalue weighted by atomic mass is 9.96. The van der Waals surface area contributed by atoms with Crippen LogP contribution in [0.5, 0.6) is 0 Å². The third kappa shape index (κ3) is 4.75. The third-order valence-corrected chi connectivity index (χ3v) is 7.42. The molecule has 5 rings (SSSR count). The smallest absolute Gasteiger partial charge is 0.253 e. The van der Waals surface area contributed by atoms with Crippen LogP contribution >= 0.6 is 0 Å². The van der Waals surface area contributed by atoms with Crippen molar-refractivity contribution >= 4 is 28.4 Å². The summed E-state index contributed by atoms with van der Waals surface area (Å²) in [6, 6.07) is 15.6. The molecular weight excluding hydrogens is 476 g/mol. The first kappa shape index (κ1) is 25.5. The van der Waals surface area contributed by atoms with Crippen molar-refractivity contribution < 1.29 is 9.90 Å². The SMILES string of the molecule is C=C(C)C(O)Nc1ccc(-c2c(-c3ccc(C(=O)N4CCC(C)CC4)cc3)c3c(N)ncnc3n2C)cc1. The van der Waals surface area contributed by atoms with Gasteiger partial charge in [-0.15, -0.1) is 0 Å². The number of hydrogen-bond donors (Lipinski definition) is 3. The highest BCUT2D eigenvalue weighted by Crippen LogP contribution is 2.41. The van der Waals surface area contributed by atoms with Crippen molar-refractivity contribution in [3.63, 3.8) is 0 Å². The first-order chi connectivity index (χ1) is 18.2. The van der Waals surface area contributed by atoms with Crippen molar-refractivity contribution in [1.82, 2.24) is 19.4 Å². The maximum Gasteiger partial charge on any atom is 0.253 e. The van der Waals surface area contributed by atoms with E-state index in [0.29, 0.717) is 22.9 Å². The van der Waals surface area contributed by atoms with Gasteiger partial charge in [0.2, 0.25) is 0 Å². The van der Waals surface area contributed by atoms with E-state index in [9.17, 15) is 9.90 Å². The fourth-order valence-electron chi connectivity index (χ4n) is 5.07. The van der Waals surface area contributed by atoms with E-state index in [-0.39, 0.29) is 5.91 Å². The molecule has 38 heavy (non-hydrogen) atoms. The minimum atomic E-state index is -0.821. The summed E-state index contributed by atoms with van der Waals surface area (Å²) in [5.41, 5.74) is 12.9. The standard InChI is InChI=1S/C30H34N6O2/c1-18(2)29(37)34-23-11-9-21(10-12-23)26-24(25-27(31)32-17-33-28(25)35(26)4)20-5-7-22(8-6-20)30(38)36-15-13-19(3)14-16-36/h5-12,17,19,29,34,37H,1,13-16H2,2-4H3,(H2,31,32,33). The molecule has 1 aliphatic rings. The van der Waals surface area contributed by atoms with Crippen LogP contribution in [0.2, 0.25) is 0 Å². The van der Waals surface area contributed by atoms with Gasteiger partial charge in [-0.3, -0.25) is 4.79 Å². The number of aliphatic hydroxyl groups excluding tert-OH is 1. The molecule has 1 fully saturated rings. The van der Waals surface area contributed by atoms with Gasteiger partial charge in [-0.2, -0.15) is 0 Å². The van der Waals surface area contributed by atoms with Crippen LogP contribution in [0.1, 0.15) is 37.0 Å². The highest BCUT2D eigenvalue weighted by Gasteiger charge is 2.24. The number of aryl methyl sites for hydroxylation is 1. The van der Waals surface area contributed by atoms with Crippen molar-refractivity contribution in [2.24, 2.45) is 13.0 Å². The number of carbonyl (C=O) groups excluding carboxylic acids is 1. The molecule has 8 heteroatoms. The van der Waals surface area contributed by atoms with E-state index in [1.54, 1.807) is 6.92 Å². The van der Waals surface area contributed by atoms with Gasteiger partial charge in [-0.1, -0.05) is 37.8 Å². The van der Waals surface area contributed by atoms with Crippen LogP contribution in [-0.4, -0.2) is 49.8 Å². The first-order valence-corrected chi connectivity index (χ1v) is 12.9. The van der Waals surface area contributed by atoms with Crippen molar-refractivity contribution in [2.45, 2.75) is 32.9 Å². The zero-order valence-electron chi connectivity index (χ0n) is 22.1. The van der Waals surface area contributed by atoms with Crippen LogP contribution < -0.4 is 11.1 Å². The highest BCUT2D eigenvalue weighted by molar-refractivity contribution is 6.08. The number of rotatable bonds is 6. The van der Waals surface area contributed by atoms with E-state index >= 15 is 0 Å². The Morgan fingerprint density at radius 3 is 2.34 bits per heavy atom. The van der Waals surface area contributed by atoms with Crippen molar-refractivity contribution in [3.05, 3.63) is 72.6 Å². The zero-order chi connectivity index (χ0) is 27.0. The number of aromatic nitrogens is 3. The molecule has 4 aromatic rings. The topological polar surface area (TPSA) is 109 Å². The Morgan fingerprint density at radius 2 is 1.71 bits per heavy atom. The minimum Gasteiger partial charge on any atom is -0.383 e. The van der Waals surface area contributed by atoms with Gasteiger partial charge >= 0.3 is 0 Å². The number of nitrogens with one attached hydrogen (secondary N) is 1. The predicted octanol–water partition coefficient (Wildman–Crippen LogP) is 5.06. The molecule has 3 heterocycles. The summed E-state index contributed by atoms with van der Waals surface area (Å²) >= 11 is 0. The fraction of sp³-hybridized carbons (Fsp3) is 0.300. The Morgan fingerprint density at radius 1 is 1.08 bits per heavy atom. The van der Waals surface area contributed by atoms with E-state index in [4.69, 9.17) is 5.73 Å². The molecule has 0 aliphatic carbocycles. The number of aliphatic hydroxyl groups is 1. The lowest BCUT2D eigenvalue weighted by Crippen LogP contribution is -2.37. The second-order valence-corrected chi connectivity index (χ2v) is 10.3. The molecule has 0 bridgehead atoms. The van der Waals surface area contributed by atoms with Crippen molar-refractivity contribution in [3.8, 4) is 22.4 Å². The Kier molecular flexibility index (Phi) is 6.91. The summed E-state index contributed by atoms with van der Waals surface area (Å²) in [5.74, 6) is 1.14. The number of nitrogens with two attached hydrogens (primary N) is 1. The molecule has 0 saturated carbocycles. The van der Waals surface area contributed by atoms with Crippen LogP contribution in [-0.2, 0) is 7.05 Å². The van der Waals surface area contributed by atoms with Crippen LogP contribution in [0.3, 0.4) is 0 Å². The Balaban J connectivity index is 1.54. The number of anilines is 2. The first-order valence-electron chi connectivity index (χ1n) is 12.9. The van der Waals surface area contributed by atoms with E-state index in [0.717, 1.165) is 65.0 Å². The number of likely N-dealkylation sites (tertiary alicyclic amines) is 1. The van der Waals surface area contributed by atoms with E-state index in [1.807, 2.05) is 65.0 Å².